The Morgan fingerprint density at radius 1 is 1.38 bits per heavy atom. The van der Waals surface area contributed by atoms with Crippen LogP contribution in [0.1, 0.15) is 24.9 Å². The van der Waals surface area contributed by atoms with Crippen LogP contribution in [0.2, 0.25) is 0 Å². The summed E-state index contributed by atoms with van der Waals surface area (Å²) >= 11 is 0. The summed E-state index contributed by atoms with van der Waals surface area (Å²) in [6, 6.07) is 7.72. The third-order valence-corrected chi connectivity index (χ3v) is 2.70. The number of anilines is 1. The molecule has 1 saturated heterocycles. The van der Waals surface area contributed by atoms with E-state index in [1.54, 1.807) is 4.90 Å². The number of benzene rings is 1. The van der Waals surface area contributed by atoms with E-state index in [0.29, 0.717) is 6.61 Å². The van der Waals surface area contributed by atoms with Crippen molar-refractivity contribution in [2.45, 2.75) is 19.4 Å². The van der Waals surface area contributed by atoms with E-state index < -0.39 is 0 Å². The van der Waals surface area contributed by atoms with Crippen molar-refractivity contribution in [2.75, 3.05) is 18.1 Å². The SMILES string of the molecule is C[C@H](N)c1ccc(N2CCCOC2=O)cc1. The fourth-order valence-corrected chi connectivity index (χ4v) is 1.74. The van der Waals surface area contributed by atoms with Crippen LogP contribution in [-0.2, 0) is 4.74 Å². The summed E-state index contributed by atoms with van der Waals surface area (Å²) in [5, 5.41) is 0. The molecule has 1 amide bonds. The van der Waals surface area contributed by atoms with Crippen LogP contribution in [0.5, 0.6) is 0 Å². The lowest BCUT2D eigenvalue weighted by Gasteiger charge is -2.26. The summed E-state index contributed by atoms with van der Waals surface area (Å²) in [6.07, 6.45) is 0.612. The molecule has 0 aromatic heterocycles. The molecule has 1 aliphatic heterocycles. The first-order valence-electron chi connectivity index (χ1n) is 5.48. The van der Waals surface area contributed by atoms with Crippen molar-refractivity contribution < 1.29 is 9.53 Å². The standard InChI is InChI=1S/C12H16N2O2/c1-9(13)10-3-5-11(6-4-10)14-7-2-8-16-12(14)15/h3-6,9H,2,7-8,13H2,1H3/t9-/m0/s1. The van der Waals surface area contributed by atoms with E-state index in [-0.39, 0.29) is 12.1 Å². The molecule has 1 aromatic rings. The molecule has 0 radical (unpaired) electrons. The summed E-state index contributed by atoms with van der Waals surface area (Å²) in [4.78, 5) is 13.1. The predicted molar refractivity (Wildman–Crippen MR) is 62.4 cm³/mol. The molecule has 16 heavy (non-hydrogen) atoms. The molecule has 0 saturated carbocycles. The van der Waals surface area contributed by atoms with Crippen LogP contribution in [0.15, 0.2) is 24.3 Å². The molecule has 4 nitrogen and oxygen atoms in total. The number of amides is 1. The largest absolute Gasteiger partial charge is 0.449 e. The van der Waals surface area contributed by atoms with Crippen molar-refractivity contribution >= 4 is 11.8 Å². The second kappa shape index (κ2) is 4.53. The van der Waals surface area contributed by atoms with Gasteiger partial charge in [-0.05, 0) is 31.0 Å². The Bertz CT molecular complexity index is 373. The van der Waals surface area contributed by atoms with Crippen LogP contribution in [0.4, 0.5) is 10.5 Å². The monoisotopic (exact) mass is 220 g/mol. The van der Waals surface area contributed by atoms with Crippen molar-refractivity contribution in [1.29, 1.82) is 0 Å². The quantitative estimate of drug-likeness (QED) is 0.829. The summed E-state index contributed by atoms with van der Waals surface area (Å²) in [5.41, 5.74) is 7.70. The van der Waals surface area contributed by atoms with E-state index in [4.69, 9.17) is 10.5 Å². The zero-order valence-electron chi connectivity index (χ0n) is 9.35. The van der Waals surface area contributed by atoms with Gasteiger partial charge in [0, 0.05) is 18.3 Å². The molecule has 86 valence electrons. The average molecular weight is 220 g/mol. The van der Waals surface area contributed by atoms with Gasteiger partial charge < -0.3 is 10.5 Å². The van der Waals surface area contributed by atoms with Gasteiger partial charge in [-0.25, -0.2) is 4.79 Å². The van der Waals surface area contributed by atoms with Gasteiger partial charge in [0.05, 0.1) is 6.61 Å². The maximum atomic E-state index is 11.5. The molecule has 1 aromatic carbocycles. The molecule has 1 atom stereocenters. The molecule has 1 heterocycles. The predicted octanol–water partition coefficient (Wildman–Crippen LogP) is 2.05. The topological polar surface area (TPSA) is 55.6 Å². The minimum atomic E-state index is -0.264. The molecule has 2 rings (SSSR count). The van der Waals surface area contributed by atoms with Crippen LogP contribution in [0.25, 0.3) is 0 Å². The van der Waals surface area contributed by atoms with Gasteiger partial charge >= 0.3 is 6.09 Å². The van der Waals surface area contributed by atoms with E-state index >= 15 is 0 Å². The first-order valence-corrected chi connectivity index (χ1v) is 5.48. The van der Waals surface area contributed by atoms with Gasteiger partial charge in [0.25, 0.3) is 0 Å². The van der Waals surface area contributed by atoms with Crippen LogP contribution in [-0.4, -0.2) is 19.2 Å². The Morgan fingerprint density at radius 2 is 2.06 bits per heavy atom. The first-order chi connectivity index (χ1) is 7.68. The Morgan fingerprint density at radius 3 is 2.62 bits per heavy atom. The van der Waals surface area contributed by atoms with Gasteiger partial charge in [0.15, 0.2) is 0 Å². The van der Waals surface area contributed by atoms with Crippen LogP contribution in [0.3, 0.4) is 0 Å². The van der Waals surface area contributed by atoms with Crippen LogP contribution >= 0.6 is 0 Å². The zero-order valence-corrected chi connectivity index (χ0v) is 9.35. The minimum absolute atomic E-state index is 0.0161. The average Bonchev–Trinajstić information content (AvgIpc) is 2.30. The molecule has 1 aliphatic rings. The number of carbonyl (C=O) groups excluding carboxylic acids is 1. The smallest absolute Gasteiger partial charge is 0.414 e. The summed E-state index contributed by atoms with van der Waals surface area (Å²) < 4.78 is 4.98. The number of hydrogen-bond donors (Lipinski definition) is 1. The second-order valence-corrected chi connectivity index (χ2v) is 4.00. The Balaban J connectivity index is 2.17. The third-order valence-electron chi connectivity index (χ3n) is 2.70. The summed E-state index contributed by atoms with van der Waals surface area (Å²) in [5.74, 6) is 0. The van der Waals surface area contributed by atoms with Gasteiger partial charge in [-0.15, -0.1) is 0 Å². The molecule has 4 heteroatoms. The van der Waals surface area contributed by atoms with E-state index in [0.717, 1.165) is 24.2 Å². The van der Waals surface area contributed by atoms with Crippen LogP contribution in [0, 0.1) is 0 Å². The molecule has 1 fully saturated rings. The summed E-state index contributed by atoms with van der Waals surface area (Å²) in [6.45, 7) is 3.17. The van der Waals surface area contributed by atoms with Crippen LogP contribution < -0.4 is 10.6 Å². The van der Waals surface area contributed by atoms with Gasteiger partial charge in [0.1, 0.15) is 0 Å². The van der Waals surface area contributed by atoms with E-state index in [1.165, 1.54) is 0 Å². The summed E-state index contributed by atoms with van der Waals surface area (Å²) in [7, 11) is 0. The maximum absolute atomic E-state index is 11.5. The highest BCUT2D eigenvalue weighted by Gasteiger charge is 2.20. The zero-order chi connectivity index (χ0) is 11.5. The highest BCUT2D eigenvalue weighted by Crippen LogP contribution is 2.20. The van der Waals surface area contributed by atoms with E-state index in [1.807, 2.05) is 31.2 Å². The molecule has 0 aliphatic carbocycles. The molecule has 0 unspecified atom stereocenters. The van der Waals surface area contributed by atoms with E-state index in [2.05, 4.69) is 0 Å². The maximum Gasteiger partial charge on any atom is 0.414 e. The number of carbonyl (C=O) groups is 1. The Hall–Kier alpha value is -1.55. The molecule has 0 spiro atoms. The molecule has 2 N–H and O–H groups in total. The lowest BCUT2D eigenvalue weighted by molar-refractivity contribution is 0.140. The van der Waals surface area contributed by atoms with E-state index in [9.17, 15) is 4.79 Å². The lowest BCUT2D eigenvalue weighted by atomic mass is 10.1. The number of ether oxygens (including phenoxy) is 1. The van der Waals surface area contributed by atoms with Crippen molar-refractivity contribution in [2.24, 2.45) is 5.73 Å². The van der Waals surface area contributed by atoms with Gasteiger partial charge in [-0.2, -0.15) is 0 Å². The number of hydrogen-bond acceptors (Lipinski definition) is 3. The highest BCUT2D eigenvalue weighted by molar-refractivity contribution is 5.88. The third kappa shape index (κ3) is 2.17. The number of cyclic esters (lactones) is 1. The Kier molecular flexibility index (Phi) is 3.10. The lowest BCUT2D eigenvalue weighted by Crippen LogP contribution is -2.37. The Labute approximate surface area is 95.0 Å². The number of nitrogens with two attached hydrogens (primary N) is 1. The fraction of sp³-hybridized carbons (Fsp3) is 0.417. The van der Waals surface area contributed by atoms with Crippen molar-refractivity contribution in [3.05, 3.63) is 29.8 Å². The number of nitrogens with zero attached hydrogens (tertiary/aromatic N) is 1. The second-order valence-electron chi connectivity index (χ2n) is 4.00. The van der Waals surface area contributed by atoms with Gasteiger partial charge in [-0.3, -0.25) is 4.90 Å². The normalized spacial score (nSPS) is 18.1. The van der Waals surface area contributed by atoms with Gasteiger partial charge in [-0.1, -0.05) is 12.1 Å². The fourth-order valence-electron chi connectivity index (χ4n) is 1.74. The minimum Gasteiger partial charge on any atom is -0.449 e. The molecule has 0 bridgehead atoms. The van der Waals surface area contributed by atoms with Crippen molar-refractivity contribution in [1.82, 2.24) is 0 Å². The first kappa shape index (κ1) is 11.0. The number of rotatable bonds is 2. The molecular weight excluding hydrogens is 204 g/mol. The van der Waals surface area contributed by atoms with Crippen molar-refractivity contribution in [3.8, 4) is 0 Å². The van der Waals surface area contributed by atoms with Crippen molar-refractivity contribution in [3.63, 3.8) is 0 Å². The van der Waals surface area contributed by atoms with Gasteiger partial charge in [0.2, 0.25) is 0 Å². The highest BCUT2D eigenvalue weighted by atomic mass is 16.6. The molecular formula is C12H16N2O2.